The molecule has 1 aromatic rings. The second-order valence-electron chi connectivity index (χ2n) is 2.45. The highest BCUT2D eigenvalue weighted by Crippen LogP contribution is 2.31. The molecule has 0 aliphatic heterocycles. The molecule has 0 saturated heterocycles. The summed E-state index contributed by atoms with van der Waals surface area (Å²) in [5.41, 5.74) is 0. The Morgan fingerprint density at radius 1 is 1.50 bits per heavy atom. The molecule has 1 atom stereocenters. The third-order valence-electron chi connectivity index (χ3n) is 1.41. The molecular weight excluding hydrogens is 226 g/mol. The summed E-state index contributed by atoms with van der Waals surface area (Å²) in [6.45, 7) is 1.47. The highest BCUT2D eigenvalue weighted by atomic mass is 35.5. The minimum Gasteiger partial charge on any atom is -0.492 e. The van der Waals surface area contributed by atoms with Crippen molar-refractivity contribution >= 4 is 29.6 Å². The average molecular weight is 238 g/mol. The quantitative estimate of drug-likeness (QED) is 0.624. The Morgan fingerprint density at radius 2 is 2.07 bits per heavy atom. The van der Waals surface area contributed by atoms with Crippen molar-refractivity contribution in [2.24, 2.45) is 0 Å². The van der Waals surface area contributed by atoms with Gasteiger partial charge in [-0.1, -0.05) is 0 Å². The van der Waals surface area contributed by atoms with Gasteiger partial charge in [0.1, 0.15) is 6.10 Å². The van der Waals surface area contributed by atoms with Crippen LogP contribution in [-0.4, -0.2) is 24.2 Å². The Morgan fingerprint density at radius 3 is 2.57 bits per heavy atom. The van der Waals surface area contributed by atoms with Crippen LogP contribution in [0.2, 0.25) is 0 Å². The topological polar surface area (TPSA) is 62.5 Å². The highest BCUT2D eigenvalue weighted by molar-refractivity contribution is 7.08. The summed E-state index contributed by atoms with van der Waals surface area (Å²) in [5.74, 6) is 0.866. The lowest BCUT2D eigenvalue weighted by molar-refractivity contribution is 0.236. The molecule has 0 fully saturated rings. The first kappa shape index (κ1) is 13.2. The van der Waals surface area contributed by atoms with E-state index < -0.39 is 6.10 Å². The SMILES string of the molecule is COc1cscc1OC(=N)C(C)O.Cl. The molecule has 0 spiro atoms. The summed E-state index contributed by atoms with van der Waals surface area (Å²) in [6, 6.07) is 0. The lowest BCUT2D eigenvalue weighted by Crippen LogP contribution is -2.21. The van der Waals surface area contributed by atoms with Crippen LogP contribution in [0.3, 0.4) is 0 Å². The molecule has 1 aromatic heterocycles. The first-order valence-electron chi connectivity index (χ1n) is 3.69. The van der Waals surface area contributed by atoms with Crippen LogP contribution >= 0.6 is 23.7 Å². The number of methoxy groups -OCH3 is 1. The summed E-state index contributed by atoms with van der Waals surface area (Å²) in [4.78, 5) is 0. The number of aliphatic hydroxyl groups is 1. The van der Waals surface area contributed by atoms with Gasteiger partial charge in [0.05, 0.1) is 7.11 Å². The van der Waals surface area contributed by atoms with Crippen molar-refractivity contribution in [3.63, 3.8) is 0 Å². The number of ether oxygens (including phenoxy) is 2. The summed E-state index contributed by atoms with van der Waals surface area (Å²) in [6.07, 6.45) is -0.899. The van der Waals surface area contributed by atoms with Crippen LogP contribution in [0.4, 0.5) is 0 Å². The molecule has 2 N–H and O–H groups in total. The number of hydrogen-bond donors (Lipinski definition) is 2. The normalized spacial score (nSPS) is 11.4. The number of thiophene rings is 1. The van der Waals surface area contributed by atoms with Crippen molar-refractivity contribution in [2.75, 3.05) is 7.11 Å². The van der Waals surface area contributed by atoms with E-state index in [1.54, 1.807) is 10.8 Å². The first-order valence-corrected chi connectivity index (χ1v) is 4.64. The zero-order chi connectivity index (χ0) is 9.84. The van der Waals surface area contributed by atoms with Gasteiger partial charge in [-0.15, -0.1) is 23.7 Å². The average Bonchev–Trinajstić information content (AvgIpc) is 2.51. The maximum atomic E-state index is 9.00. The van der Waals surface area contributed by atoms with Crippen molar-refractivity contribution in [3.8, 4) is 11.5 Å². The Balaban J connectivity index is 0.00000169. The Bertz CT molecular complexity index is 301. The van der Waals surface area contributed by atoms with Crippen LogP contribution < -0.4 is 9.47 Å². The minimum atomic E-state index is -0.899. The van der Waals surface area contributed by atoms with Gasteiger partial charge >= 0.3 is 0 Å². The van der Waals surface area contributed by atoms with Gasteiger partial charge in [-0.25, -0.2) is 0 Å². The van der Waals surface area contributed by atoms with Crippen molar-refractivity contribution in [3.05, 3.63) is 10.8 Å². The van der Waals surface area contributed by atoms with Crippen molar-refractivity contribution in [2.45, 2.75) is 13.0 Å². The van der Waals surface area contributed by atoms with Crippen molar-refractivity contribution in [1.29, 1.82) is 5.41 Å². The summed E-state index contributed by atoms with van der Waals surface area (Å²) >= 11 is 1.42. The van der Waals surface area contributed by atoms with Gasteiger partial charge in [0, 0.05) is 10.8 Å². The zero-order valence-electron chi connectivity index (χ0n) is 7.81. The Hall–Kier alpha value is -0.780. The van der Waals surface area contributed by atoms with Gasteiger partial charge in [-0.2, -0.15) is 0 Å². The smallest absolute Gasteiger partial charge is 0.216 e. The van der Waals surface area contributed by atoms with Crippen molar-refractivity contribution < 1.29 is 14.6 Å². The molecule has 6 heteroatoms. The van der Waals surface area contributed by atoms with E-state index in [1.165, 1.54) is 25.4 Å². The van der Waals surface area contributed by atoms with E-state index in [4.69, 9.17) is 20.0 Å². The second-order valence-corrected chi connectivity index (χ2v) is 3.19. The van der Waals surface area contributed by atoms with E-state index in [1.807, 2.05) is 0 Å². The predicted molar refractivity (Wildman–Crippen MR) is 58.2 cm³/mol. The van der Waals surface area contributed by atoms with Gasteiger partial charge in [0.25, 0.3) is 0 Å². The third kappa shape index (κ3) is 3.17. The fourth-order valence-corrected chi connectivity index (χ4v) is 1.39. The molecule has 0 saturated carbocycles. The van der Waals surface area contributed by atoms with E-state index in [2.05, 4.69) is 0 Å². The van der Waals surface area contributed by atoms with E-state index in [0.717, 1.165) is 0 Å². The van der Waals surface area contributed by atoms with Crippen LogP contribution in [0.25, 0.3) is 0 Å². The molecular formula is C8H12ClNO3S. The van der Waals surface area contributed by atoms with E-state index in [9.17, 15) is 0 Å². The van der Waals surface area contributed by atoms with Crippen LogP contribution in [0.1, 0.15) is 6.92 Å². The monoisotopic (exact) mass is 237 g/mol. The number of aliphatic hydroxyl groups excluding tert-OH is 1. The number of halogens is 1. The Kier molecular flexibility index (Phi) is 5.52. The van der Waals surface area contributed by atoms with E-state index in [-0.39, 0.29) is 18.3 Å². The van der Waals surface area contributed by atoms with Gasteiger partial charge in [-0.05, 0) is 6.92 Å². The predicted octanol–water partition coefficient (Wildman–Crippen LogP) is 1.92. The van der Waals surface area contributed by atoms with Gasteiger partial charge < -0.3 is 14.6 Å². The van der Waals surface area contributed by atoms with Gasteiger partial charge in [0.2, 0.25) is 5.90 Å². The molecule has 80 valence electrons. The fourth-order valence-electron chi connectivity index (χ4n) is 0.701. The molecule has 14 heavy (non-hydrogen) atoms. The molecule has 0 bridgehead atoms. The van der Waals surface area contributed by atoms with Crippen molar-refractivity contribution in [1.82, 2.24) is 0 Å². The van der Waals surface area contributed by atoms with Crippen LogP contribution in [-0.2, 0) is 0 Å². The van der Waals surface area contributed by atoms with E-state index >= 15 is 0 Å². The molecule has 1 rings (SSSR count). The first-order chi connectivity index (χ1) is 6.15. The van der Waals surface area contributed by atoms with E-state index in [0.29, 0.717) is 11.5 Å². The van der Waals surface area contributed by atoms with Gasteiger partial charge in [-0.3, -0.25) is 5.41 Å². The summed E-state index contributed by atoms with van der Waals surface area (Å²) in [5, 5.41) is 19.8. The van der Waals surface area contributed by atoms with Crippen LogP contribution in [0, 0.1) is 5.41 Å². The fraction of sp³-hybridized carbons (Fsp3) is 0.375. The second kappa shape index (κ2) is 5.85. The summed E-state index contributed by atoms with van der Waals surface area (Å²) in [7, 11) is 1.53. The standard InChI is InChI=1S/C8H11NO3S.ClH/c1-5(10)8(9)12-7-4-13-3-6(7)11-2;/h3-5,9-10H,1-2H3;1H. The third-order valence-corrected chi connectivity index (χ3v) is 2.11. The lowest BCUT2D eigenvalue weighted by atomic mass is 10.4. The van der Waals surface area contributed by atoms with Gasteiger partial charge in [0.15, 0.2) is 11.5 Å². The molecule has 1 unspecified atom stereocenters. The molecule has 1 heterocycles. The molecule has 0 aromatic carbocycles. The largest absolute Gasteiger partial charge is 0.492 e. The number of hydrogen-bond acceptors (Lipinski definition) is 5. The van der Waals surface area contributed by atoms with Crippen LogP contribution in [0.15, 0.2) is 10.8 Å². The highest BCUT2D eigenvalue weighted by Gasteiger charge is 2.11. The number of nitrogens with one attached hydrogen (secondary N) is 1. The lowest BCUT2D eigenvalue weighted by Gasteiger charge is -2.08. The maximum Gasteiger partial charge on any atom is 0.216 e. The minimum absolute atomic E-state index is 0. The molecule has 0 amide bonds. The maximum absolute atomic E-state index is 9.00. The molecule has 4 nitrogen and oxygen atoms in total. The molecule has 0 aliphatic rings. The molecule has 0 radical (unpaired) electrons. The Labute approximate surface area is 92.4 Å². The zero-order valence-corrected chi connectivity index (χ0v) is 9.45. The van der Waals surface area contributed by atoms with Crippen LogP contribution in [0.5, 0.6) is 11.5 Å². The number of rotatable bonds is 3. The summed E-state index contributed by atoms with van der Waals surface area (Å²) < 4.78 is 10.0. The molecule has 0 aliphatic carbocycles.